The Morgan fingerprint density at radius 3 is 2.33 bits per heavy atom. The van der Waals surface area contributed by atoms with Crippen LogP contribution in [0.2, 0.25) is 0 Å². The lowest BCUT2D eigenvalue weighted by Crippen LogP contribution is -2.01. The number of nitrogens with zero attached hydrogens (tertiary/aromatic N) is 2. The fraction of sp³-hybridized carbons (Fsp3) is 0.500. The van der Waals surface area contributed by atoms with Crippen molar-refractivity contribution in [3.8, 4) is 0 Å². The first-order chi connectivity index (χ1) is 4.11. The van der Waals surface area contributed by atoms with Gasteiger partial charge in [0.25, 0.3) is 9.62 Å². The van der Waals surface area contributed by atoms with Gasteiger partial charge in [0, 0.05) is 0 Å². The normalized spacial score (nSPS) is 11.9. The van der Waals surface area contributed by atoms with Crippen LogP contribution in [0.1, 0.15) is 5.82 Å². The van der Waals surface area contributed by atoms with Crippen molar-refractivity contribution in [1.29, 1.82) is 0 Å². The van der Waals surface area contributed by atoms with Gasteiger partial charge in [-0.15, -0.1) is 4.37 Å². The predicted octanol–water partition coefficient (Wildman–Crippen LogP) is 2.71. The number of halogens is 3. The molecule has 0 aliphatic carbocycles. The molecule has 0 atom stereocenters. The molecular weight excluding hydrogens is 223 g/mol. The topological polar surface area (TPSA) is 25.8 Å². The van der Waals surface area contributed by atoms with E-state index >= 15 is 0 Å². The maximum Gasteiger partial charge on any atom is 0.462 e. The Morgan fingerprint density at radius 1 is 1.44 bits per heavy atom. The summed E-state index contributed by atoms with van der Waals surface area (Å²) in [5.74, 6) is 0.252. The maximum absolute atomic E-state index is 5.42. The van der Waals surface area contributed by atoms with Crippen LogP contribution >= 0.6 is 55.9 Å². The van der Waals surface area contributed by atoms with Gasteiger partial charge >= 0.3 is 21.1 Å². The van der Waals surface area contributed by atoms with Crippen LogP contribution in [-0.4, -0.2) is 8.75 Å². The van der Waals surface area contributed by atoms with Gasteiger partial charge in [-0.05, 0) is 0 Å². The van der Waals surface area contributed by atoms with Gasteiger partial charge in [0.2, 0.25) is 0 Å². The van der Waals surface area contributed by atoms with E-state index in [1.807, 2.05) is 0 Å². The molecule has 0 spiro atoms. The third-order valence-electron chi connectivity index (χ3n) is 0.534. The lowest BCUT2D eigenvalue weighted by atomic mass is 10.7. The van der Waals surface area contributed by atoms with Crippen LogP contribution in [-0.2, 0) is 3.79 Å². The molecular formula is C2Cl3N2S2+. The van der Waals surface area contributed by atoms with E-state index in [0.717, 1.165) is 0 Å². The quantitative estimate of drug-likeness (QED) is 0.383. The van der Waals surface area contributed by atoms with Crippen LogP contribution < -0.4 is 0 Å². The van der Waals surface area contributed by atoms with Crippen molar-refractivity contribution in [3.05, 3.63) is 5.82 Å². The fourth-order valence-electron chi connectivity index (χ4n) is 0.224. The highest BCUT2D eigenvalue weighted by Gasteiger charge is 2.31. The lowest BCUT2D eigenvalue weighted by molar-refractivity contribution is 1.07. The van der Waals surface area contributed by atoms with Crippen molar-refractivity contribution in [2.75, 3.05) is 0 Å². The zero-order valence-corrected chi connectivity index (χ0v) is 7.75. The summed E-state index contributed by atoms with van der Waals surface area (Å²) in [6, 6.07) is 0. The Kier molecular flexibility index (Phi) is 2.45. The van der Waals surface area contributed by atoms with Crippen molar-refractivity contribution in [1.82, 2.24) is 8.75 Å². The molecule has 0 aliphatic rings. The molecule has 0 aliphatic heterocycles. The van der Waals surface area contributed by atoms with Gasteiger partial charge in [0.15, 0.2) is 0 Å². The average molecular weight is 223 g/mol. The summed E-state index contributed by atoms with van der Waals surface area (Å²) in [7, 11) is 2.39. The first-order valence-corrected chi connectivity index (χ1v) is 4.99. The molecule has 0 bridgehead atoms. The summed E-state index contributed by atoms with van der Waals surface area (Å²) in [5, 5.41) is 0. The van der Waals surface area contributed by atoms with E-state index in [2.05, 4.69) is 8.75 Å². The SMILES string of the molecule is ClC(Cl)(Cl)c1ns[s+]n1. The molecule has 1 heterocycles. The molecule has 0 aromatic carbocycles. The molecule has 9 heavy (non-hydrogen) atoms. The summed E-state index contributed by atoms with van der Waals surface area (Å²) in [6.45, 7) is 0. The number of hydrogen-bond acceptors (Lipinski definition) is 3. The predicted molar refractivity (Wildman–Crippen MR) is 41.4 cm³/mol. The third-order valence-corrected chi connectivity index (χ3v) is 2.25. The van der Waals surface area contributed by atoms with Gasteiger partial charge in [-0.3, -0.25) is 0 Å². The van der Waals surface area contributed by atoms with Crippen molar-refractivity contribution < 1.29 is 0 Å². The van der Waals surface area contributed by atoms with Crippen LogP contribution in [0, 0.1) is 0 Å². The first-order valence-electron chi connectivity index (χ1n) is 1.80. The smallest absolute Gasteiger partial charge is 0.112 e. The van der Waals surface area contributed by atoms with E-state index in [4.69, 9.17) is 34.8 Å². The molecule has 1 aromatic heterocycles. The molecule has 0 saturated carbocycles. The largest absolute Gasteiger partial charge is 0.462 e. The van der Waals surface area contributed by atoms with E-state index < -0.39 is 3.79 Å². The minimum absolute atomic E-state index is 0.252. The lowest BCUT2D eigenvalue weighted by Gasteiger charge is -1.99. The van der Waals surface area contributed by atoms with E-state index in [-0.39, 0.29) is 5.82 Å². The van der Waals surface area contributed by atoms with Gasteiger partial charge in [-0.2, -0.15) is 0 Å². The Morgan fingerprint density at radius 2 is 2.11 bits per heavy atom. The molecule has 0 saturated heterocycles. The van der Waals surface area contributed by atoms with Gasteiger partial charge in [-0.25, -0.2) is 0 Å². The van der Waals surface area contributed by atoms with E-state index in [0.29, 0.717) is 0 Å². The molecule has 50 valence electrons. The Bertz CT molecular complexity index is 180. The van der Waals surface area contributed by atoms with Crippen LogP contribution in [0.25, 0.3) is 0 Å². The summed E-state index contributed by atoms with van der Waals surface area (Å²) >= 11 is 16.3. The van der Waals surface area contributed by atoms with Crippen LogP contribution in [0.5, 0.6) is 0 Å². The summed E-state index contributed by atoms with van der Waals surface area (Å²) < 4.78 is 6.02. The Hall–Kier alpha value is 0.780. The van der Waals surface area contributed by atoms with Crippen LogP contribution in [0.3, 0.4) is 0 Å². The molecule has 7 heteroatoms. The van der Waals surface area contributed by atoms with Crippen molar-refractivity contribution >= 4 is 55.9 Å². The standard InChI is InChI=1S/C2Cl3N2S2/c3-2(4,5)1-6-8-9-7-1/q+1. The minimum atomic E-state index is -1.46. The van der Waals surface area contributed by atoms with Gasteiger partial charge in [0.05, 0.1) is 4.37 Å². The molecule has 1 aromatic rings. The number of hydrogen-bond donors (Lipinski definition) is 0. The molecule has 2 nitrogen and oxygen atoms in total. The second-order valence-corrected chi connectivity index (χ2v) is 4.99. The molecule has 0 N–H and O–H groups in total. The molecule has 0 radical (unpaired) electrons. The summed E-state index contributed by atoms with van der Waals surface area (Å²) in [4.78, 5) is 0. The molecule has 0 amide bonds. The summed E-state index contributed by atoms with van der Waals surface area (Å²) in [5.41, 5.74) is 0. The second kappa shape index (κ2) is 2.80. The van der Waals surface area contributed by atoms with Crippen molar-refractivity contribution in [2.24, 2.45) is 0 Å². The van der Waals surface area contributed by atoms with E-state index in [9.17, 15) is 0 Å². The summed E-state index contributed by atoms with van der Waals surface area (Å²) in [6.07, 6.45) is 0. The van der Waals surface area contributed by atoms with Gasteiger partial charge in [0.1, 0.15) is 0 Å². The van der Waals surface area contributed by atoms with Crippen LogP contribution in [0.15, 0.2) is 0 Å². The number of alkyl halides is 3. The first kappa shape index (κ1) is 7.88. The van der Waals surface area contributed by atoms with Crippen molar-refractivity contribution in [3.63, 3.8) is 0 Å². The van der Waals surface area contributed by atoms with Gasteiger partial charge in [-0.1, -0.05) is 34.8 Å². The monoisotopic (exact) mass is 221 g/mol. The van der Waals surface area contributed by atoms with E-state index in [1.165, 1.54) is 21.1 Å². The highest BCUT2D eigenvalue weighted by molar-refractivity contribution is 7.64. The zero-order chi connectivity index (χ0) is 6.91. The number of aromatic nitrogens is 2. The highest BCUT2D eigenvalue weighted by Crippen LogP contribution is 2.36. The Labute approximate surface area is 74.1 Å². The molecule has 1 rings (SSSR count). The second-order valence-electron chi connectivity index (χ2n) is 1.15. The minimum Gasteiger partial charge on any atom is -0.112 e. The maximum atomic E-state index is 5.42. The van der Waals surface area contributed by atoms with Crippen molar-refractivity contribution in [2.45, 2.75) is 3.79 Å². The fourth-order valence-corrected chi connectivity index (χ4v) is 2.02. The molecule has 0 fully saturated rings. The Balaban J connectivity index is 2.90. The third kappa shape index (κ3) is 2.13. The van der Waals surface area contributed by atoms with E-state index in [1.54, 1.807) is 0 Å². The van der Waals surface area contributed by atoms with Crippen LogP contribution in [0.4, 0.5) is 0 Å². The molecule has 0 unspecified atom stereocenters. The average Bonchev–Trinajstić information content (AvgIpc) is 2.08. The zero-order valence-electron chi connectivity index (χ0n) is 3.84. The van der Waals surface area contributed by atoms with Gasteiger partial charge < -0.3 is 0 Å². The number of rotatable bonds is 0. The highest BCUT2D eigenvalue weighted by atomic mass is 35.6.